The lowest BCUT2D eigenvalue weighted by Crippen LogP contribution is -2.16. The van der Waals surface area contributed by atoms with Crippen molar-refractivity contribution in [2.45, 2.75) is 64.7 Å². The zero-order valence-corrected chi connectivity index (χ0v) is 10.6. The summed E-state index contributed by atoms with van der Waals surface area (Å²) < 4.78 is 0. The van der Waals surface area contributed by atoms with Gasteiger partial charge in [-0.3, -0.25) is 4.79 Å². The van der Waals surface area contributed by atoms with Crippen LogP contribution in [0.4, 0.5) is 0 Å². The first-order valence-corrected chi connectivity index (χ1v) is 6.70. The van der Waals surface area contributed by atoms with Gasteiger partial charge in [-0.05, 0) is 32.4 Å². The van der Waals surface area contributed by atoms with E-state index in [4.69, 9.17) is 5.11 Å². The molecule has 0 spiro atoms. The summed E-state index contributed by atoms with van der Waals surface area (Å²) >= 11 is 0. The maximum atomic E-state index is 10.2. The molecule has 0 radical (unpaired) electrons. The van der Waals surface area contributed by atoms with Gasteiger partial charge in [-0.1, -0.05) is 39.0 Å². The molecule has 0 aromatic rings. The Balaban J connectivity index is 2.90. The fraction of sp³-hybridized carbons (Fsp3) is 0.923. The minimum absolute atomic E-state index is 0.329. The molecule has 0 saturated heterocycles. The number of hydrogen-bond donors (Lipinski definition) is 2. The number of rotatable bonds is 12. The molecule has 0 aliphatic rings. The van der Waals surface area contributed by atoms with Crippen molar-refractivity contribution in [1.82, 2.24) is 5.32 Å². The summed E-state index contributed by atoms with van der Waals surface area (Å²) in [5.74, 6) is -0.669. The number of carboxylic acid groups (broad SMARTS) is 1. The van der Waals surface area contributed by atoms with Crippen LogP contribution < -0.4 is 5.32 Å². The highest BCUT2D eigenvalue weighted by Gasteiger charge is 1.96. The van der Waals surface area contributed by atoms with Crippen molar-refractivity contribution >= 4 is 5.97 Å². The molecule has 0 bridgehead atoms. The monoisotopic (exact) mass is 229 g/mol. The summed E-state index contributed by atoms with van der Waals surface area (Å²) in [4.78, 5) is 10.2. The molecule has 0 unspecified atom stereocenters. The van der Waals surface area contributed by atoms with E-state index in [9.17, 15) is 4.79 Å². The van der Waals surface area contributed by atoms with Crippen molar-refractivity contribution in [2.24, 2.45) is 0 Å². The van der Waals surface area contributed by atoms with Crippen LogP contribution in [0.3, 0.4) is 0 Å². The molecule has 96 valence electrons. The first kappa shape index (κ1) is 15.4. The summed E-state index contributed by atoms with van der Waals surface area (Å²) in [6.45, 7) is 4.48. The maximum absolute atomic E-state index is 10.2. The van der Waals surface area contributed by atoms with Gasteiger partial charge in [-0.15, -0.1) is 0 Å². The van der Waals surface area contributed by atoms with E-state index in [1.54, 1.807) is 0 Å². The standard InChI is InChI=1S/C13H27NO2/c1-2-3-8-11-14-12-9-6-4-5-7-10-13(15)16/h14H,2-12H2,1H3,(H,15,16). The molecule has 0 aliphatic carbocycles. The molecule has 0 aliphatic heterocycles. The molecule has 0 saturated carbocycles. The molecular weight excluding hydrogens is 202 g/mol. The van der Waals surface area contributed by atoms with Crippen LogP contribution in [-0.4, -0.2) is 24.2 Å². The van der Waals surface area contributed by atoms with Crippen LogP contribution in [0, 0.1) is 0 Å². The lowest BCUT2D eigenvalue weighted by Gasteiger charge is -2.03. The van der Waals surface area contributed by atoms with Gasteiger partial charge in [-0.25, -0.2) is 0 Å². The van der Waals surface area contributed by atoms with E-state index >= 15 is 0 Å². The molecule has 0 heterocycles. The molecule has 3 heteroatoms. The van der Waals surface area contributed by atoms with Gasteiger partial charge < -0.3 is 10.4 Å². The minimum atomic E-state index is -0.669. The molecular formula is C13H27NO2. The number of nitrogens with one attached hydrogen (secondary N) is 1. The third-order valence-corrected chi connectivity index (χ3v) is 2.70. The molecule has 0 fully saturated rings. The summed E-state index contributed by atoms with van der Waals surface area (Å²) in [6.07, 6.45) is 9.72. The molecule has 0 amide bonds. The number of carbonyl (C=O) groups is 1. The Bertz CT molecular complexity index is 160. The zero-order valence-electron chi connectivity index (χ0n) is 10.6. The molecule has 16 heavy (non-hydrogen) atoms. The van der Waals surface area contributed by atoms with E-state index < -0.39 is 5.97 Å². The van der Waals surface area contributed by atoms with Gasteiger partial charge in [0.1, 0.15) is 0 Å². The highest BCUT2D eigenvalue weighted by molar-refractivity contribution is 5.66. The number of aliphatic carboxylic acids is 1. The highest BCUT2D eigenvalue weighted by Crippen LogP contribution is 2.04. The largest absolute Gasteiger partial charge is 0.481 e. The van der Waals surface area contributed by atoms with E-state index in [2.05, 4.69) is 12.2 Å². The van der Waals surface area contributed by atoms with Crippen molar-refractivity contribution in [3.63, 3.8) is 0 Å². The van der Waals surface area contributed by atoms with E-state index in [1.807, 2.05) is 0 Å². The summed E-state index contributed by atoms with van der Waals surface area (Å²) in [6, 6.07) is 0. The second-order valence-electron chi connectivity index (χ2n) is 4.37. The molecule has 0 aromatic heterocycles. The molecule has 3 nitrogen and oxygen atoms in total. The van der Waals surface area contributed by atoms with E-state index in [1.165, 1.54) is 38.5 Å². The minimum Gasteiger partial charge on any atom is -0.481 e. The number of carboxylic acids is 1. The van der Waals surface area contributed by atoms with Crippen molar-refractivity contribution in [3.8, 4) is 0 Å². The van der Waals surface area contributed by atoms with Crippen LogP contribution >= 0.6 is 0 Å². The SMILES string of the molecule is CCCCCNCCCCCCCC(=O)O. The smallest absolute Gasteiger partial charge is 0.303 e. The first-order valence-electron chi connectivity index (χ1n) is 6.70. The average molecular weight is 229 g/mol. The van der Waals surface area contributed by atoms with Crippen LogP contribution in [0.15, 0.2) is 0 Å². The van der Waals surface area contributed by atoms with Crippen LogP contribution in [0.1, 0.15) is 64.7 Å². The predicted molar refractivity (Wildman–Crippen MR) is 67.7 cm³/mol. The van der Waals surface area contributed by atoms with Crippen molar-refractivity contribution in [3.05, 3.63) is 0 Å². The van der Waals surface area contributed by atoms with Crippen molar-refractivity contribution < 1.29 is 9.90 Å². The Hall–Kier alpha value is -0.570. The number of hydrogen-bond acceptors (Lipinski definition) is 2. The van der Waals surface area contributed by atoms with Gasteiger partial charge >= 0.3 is 5.97 Å². The van der Waals surface area contributed by atoms with Crippen LogP contribution in [0.2, 0.25) is 0 Å². The Labute approximate surface area is 99.6 Å². The third-order valence-electron chi connectivity index (χ3n) is 2.70. The van der Waals surface area contributed by atoms with Crippen molar-refractivity contribution in [1.29, 1.82) is 0 Å². The van der Waals surface area contributed by atoms with Crippen LogP contribution in [0.25, 0.3) is 0 Å². The molecule has 0 rings (SSSR count). The first-order chi connectivity index (χ1) is 7.77. The van der Waals surface area contributed by atoms with Crippen molar-refractivity contribution in [2.75, 3.05) is 13.1 Å². The van der Waals surface area contributed by atoms with Gasteiger partial charge in [0.25, 0.3) is 0 Å². The van der Waals surface area contributed by atoms with Gasteiger partial charge in [0.2, 0.25) is 0 Å². The van der Waals surface area contributed by atoms with E-state index in [0.717, 1.165) is 25.9 Å². The second kappa shape index (κ2) is 12.5. The molecule has 0 atom stereocenters. The summed E-state index contributed by atoms with van der Waals surface area (Å²) in [5, 5.41) is 11.9. The summed E-state index contributed by atoms with van der Waals surface area (Å²) in [7, 11) is 0. The predicted octanol–water partition coefficient (Wildman–Crippen LogP) is 3.19. The Kier molecular flexibility index (Phi) is 12.1. The normalized spacial score (nSPS) is 10.6. The maximum Gasteiger partial charge on any atom is 0.303 e. The van der Waals surface area contributed by atoms with Gasteiger partial charge in [0.05, 0.1) is 0 Å². The van der Waals surface area contributed by atoms with Gasteiger partial charge in [0.15, 0.2) is 0 Å². The Morgan fingerprint density at radius 3 is 2.12 bits per heavy atom. The van der Waals surface area contributed by atoms with Gasteiger partial charge in [-0.2, -0.15) is 0 Å². The lowest BCUT2D eigenvalue weighted by atomic mass is 10.1. The zero-order chi connectivity index (χ0) is 12.1. The Morgan fingerprint density at radius 2 is 1.50 bits per heavy atom. The lowest BCUT2D eigenvalue weighted by molar-refractivity contribution is -0.137. The van der Waals surface area contributed by atoms with Crippen LogP contribution in [0.5, 0.6) is 0 Å². The average Bonchev–Trinajstić information content (AvgIpc) is 2.25. The third kappa shape index (κ3) is 13.4. The fourth-order valence-electron chi connectivity index (χ4n) is 1.68. The second-order valence-corrected chi connectivity index (χ2v) is 4.37. The van der Waals surface area contributed by atoms with Crippen LogP contribution in [-0.2, 0) is 4.79 Å². The van der Waals surface area contributed by atoms with E-state index in [0.29, 0.717) is 6.42 Å². The molecule has 2 N–H and O–H groups in total. The Morgan fingerprint density at radius 1 is 0.938 bits per heavy atom. The highest BCUT2D eigenvalue weighted by atomic mass is 16.4. The molecule has 0 aromatic carbocycles. The fourth-order valence-corrected chi connectivity index (χ4v) is 1.68. The van der Waals surface area contributed by atoms with Gasteiger partial charge in [0, 0.05) is 6.42 Å². The van der Waals surface area contributed by atoms with E-state index in [-0.39, 0.29) is 0 Å². The number of unbranched alkanes of at least 4 members (excludes halogenated alkanes) is 6. The quantitative estimate of drug-likeness (QED) is 0.505. The summed E-state index contributed by atoms with van der Waals surface area (Å²) in [5.41, 5.74) is 0. The topological polar surface area (TPSA) is 49.3 Å².